The van der Waals surface area contributed by atoms with Gasteiger partial charge in [-0.25, -0.2) is 4.98 Å². The lowest BCUT2D eigenvalue weighted by Gasteiger charge is -2.26. The van der Waals surface area contributed by atoms with Crippen LogP contribution in [0.4, 0.5) is 5.82 Å². The topological polar surface area (TPSA) is 51.8 Å². The quantitative estimate of drug-likeness (QED) is 0.665. The highest BCUT2D eigenvalue weighted by Crippen LogP contribution is 2.40. The summed E-state index contributed by atoms with van der Waals surface area (Å²) in [6.07, 6.45) is 2.19. The standard InChI is InChI=1S/C20H27ClN6/c1-12(2)11-27-19(21)18(14(4)24-27)16-7-6-10-26(16)17-9-8-15-13(3)23-25(5)20(15)22-17/h8-9,12,16H,6-7,10-11H2,1-5H3. The predicted octanol–water partition coefficient (Wildman–Crippen LogP) is 4.43. The number of hydrogen-bond acceptors (Lipinski definition) is 4. The van der Waals surface area contributed by atoms with Crippen molar-refractivity contribution in [2.45, 2.75) is 53.1 Å². The Balaban J connectivity index is 1.73. The van der Waals surface area contributed by atoms with Crippen LogP contribution in [0.25, 0.3) is 11.0 Å². The van der Waals surface area contributed by atoms with Gasteiger partial charge in [-0.3, -0.25) is 9.36 Å². The van der Waals surface area contributed by atoms with Gasteiger partial charge in [0.2, 0.25) is 0 Å². The molecule has 1 unspecified atom stereocenters. The molecule has 4 rings (SSSR count). The van der Waals surface area contributed by atoms with Crippen LogP contribution in [0.2, 0.25) is 5.15 Å². The summed E-state index contributed by atoms with van der Waals surface area (Å²) in [7, 11) is 1.95. The fourth-order valence-electron chi connectivity index (χ4n) is 4.21. The molecule has 1 aliphatic rings. The summed E-state index contributed by atoms with van der Waals surface area (Å²) >= 11 is 6.77. The molecule has 0 aromatic carbocycles. The molecule has 1 aliphatic heterocycles. The number of nitrogens with zero attached hydrogens (tertiary/aromatic N) is 6. The van der Waals surface area contributed by atoms with E-state index in [1.54, 1.807) is 0 Å². The number of aryl methyl sites for hydroxylation is 3. The van der Waals surface area contributed by atoms with Gasteiger partial charge in [0.25, 0.3) is 0 Å². The summed E-state index contributed by atoms with van der Waals surface area (Å²) in [4.78, 5) is 7.30. The molecule has 144 valence electrons. The lowest BCUT2D eigenvalue weighted by molar-refractivity contribution is 0.481. The van der Waals surface area contributed by atoms with Crippen molar-refractivity contribution in [2.24, 2.45) is 13.0 Å². The minimum absolute atomic E-state index is 0.220. The maximum absolute atomic E-state index is 6.77. The molecule has 4 heterocycles. The van der Waals surface area contributed by atoms with Crippen LogP contribution in [0, 0.1) is 19.8 Å². The largest absolute Gasteiger partial charge is 0.349 e. The van der Waals surface area contributed by atoms with Crippen molar-refractivity contribution in [3.8, 4) is 0 Å². The zero-order valence-electron chi connectivity index (χ0n) is 16.7. The monoisotopic (exact) mass is 386 g/mol. The Kier molecular flexibility index (Phi) is 4.62. The Morgan fingerprint density at radius 3 is 2.70 bits per heavy atom. The average molecular weight is 387 g/mol. The third-order valence-corrected chi connectivity index (χ3v) is 5.78. The van der Waals surface area contributed by atoms with E-state index in [9.17, 15) is 0 Å². The lowest BCUT2D eigenvalue weighted by atomic mass is 10.1. The summed E-state index contributed by atoms with van der Waals surface area (Å²) in [6.45, 7) is 10.3. The molecule has 1 saturated heterocycles. The van der Waals surface area contributed by atoms with Crippen LogP contribution in [-0.2, 0) is 13.6 Å². The fourth-order valence-corrected chi connectivity index (χ4v) is 4.58. The van der Waals surface area contributed by atoms with Crippen molar-refractivity contribution in [3.63, 3.8) is 0 Å². The zero-order chi connectivity index (χ0) is 19.3. The van der Waals surface area contributed by atoms with Gasteiger partial charge in [0.1, 0.15) is 11.0 Å². The lowest BCUT2D eigenvalue weighted by Crippen LogP contribution is -2.24. The Hall–Kier alpha value is -2.08. The first-order chi connectivity index (χ1) is 12.9. The number of rotatable bonds is 4. The van der Waals surface area contributed by atoms with Crippen LogP contribution < -0.4 is 4.90 Å². The SMILES string of the molecule is Cc1nn(CC(C)C)c(Cl)c1C1CCCN1c1ccc2c(C)nn(C)c2n1. The Labute approximate surface area is 165 Å². The minimum Gasteiger partial charge on any atom is -0.349 e. The molecule has 27 heavy (non-hydrogen) atoms. The maximum atomic E-state index is 6.77. The molecule has 0 radical (unpaired) electrons. The van der Waals surface area contributed by atoms with Gasteiger partial charge in [0, 0.05) is 31.1 Å². The van der Waals surface area contributed by atoms with Gasteiger partial charge in [-0.2, -0.15) is 10.2 Å². The summed E-state index contributed by atoms with van der Waals surface area (Å²) in [6, 6.07) is 4.46. The first-order valence-corrected chi connectivity index (χ1v) is 10.0. The van der Waals surface area contributed by atoms with Gasteiger partial charge in [-0.05, 0) is 44.7 Å². The van der Waals surface area contributed by atoms with Gasteiger partial charge in [0.05, 0.1) is 17.4 Å². The van der Waals surface area contributed by atoms with Crippen molar-refractivity contribution < 1.29 is 0 Å². The fraction of sp³-hybridized carbons (Fsp3) is 0.550. The van der Waals surface area contributed by atoms with E-state index in [1.165, 1.54) is 0 Å². The third kappa shape index (κ3) is 3.10. The van der Waals surface area contributed by atoms with E-state index in [4.69, 9.17) is 21.7 Å². The number of pyridine rings is 1. The van der Waals surface area contributed by atoms with E-state index in [0.717, 1.165) is 64.9 Å². The Morgan fingerprint density at radius 1 is 1.19 bits per heavy atom. The second kappa shape index (κ2) is 6.82. The number of anilines is 1. The molecule has 0 spiro atoms. The second-order valence-corrected chi connectivity index (χ2v) is 8.32. The van der Waals surface area contributed by atoms with E-state index in [0.29, 0.717) is 5.92 Å². The molecule has 7 heteroatoms. The molecule has 1 atom stereocenters. The van der Waals surface area contributed by atoms with E-state index in [-0.39, 0.29) is 6.04 Å². The first-order valence-electron chi connectivity index (χ1n) is 9.66. The molecule has 3 aromatic heterocycles. The molecule has 0 amide bonds. The highest BCUT2D eigenvalue weighted by Gasteiger charge is 2.32. The highest BCUT2D eigenvalue weighted by atomic mass is 35.5. The van der Waals surface area contributed by atoms with E-state index < -0.39 is 0 Å². The van der Waals surface area contributed by atoms with Crippen molar-refractivity contribution in [2.75, 3.05) is 11.4 Å². The Bertz CT molecular complexity index is 986. The molecular weight excluding hydrogens is 360 g/mol. The maximum Gasteiger partial charge on any atom is 0.160 e. The van der Waals surface area contributed by atoms with Gasteiger partial charge in [-0.15, -0.1) is 0 Å². The molecule has 3 aromatic rings. The first kappa shape index (κ1) is 18.3. The molecule has 6 nitrogen and oxygen atoms in total. The van der Waals surface area contributed by atoms with Crippen molar-refractivity contribution >= 4 is 28.5 Å². The van der Waals surface area contributed by atoms with Crippen LogP contribution >= 0.6 is 11.6 Å². The normalized spacial score (nSPS) is 17.6. The van der Waals surface area contributed by atoms with Gasteiger partial charge < -0.3 is 4.90 Å². The zero-order valence-corrected chi connectivity index (χ0v) is 17.5. The smallest absolute Gasteiger partial charge is 0.160 e. The highest BCUT2D eigenvalue weighted by molar-refractivity contribution is 6.30. The summed E-state index contributed by atoms with van der Waals surface area (Å²) in [5, 5.41) is 11.1. The minimum atomic E-state index is 0.220. The third-order valence-electron chi connectivity index (χ3n) is 5.38. The van der Waals surface area contributed by atoms with Crippen molar-refractivity contribution in [1.29, 1.82) is 0 Å². The molecule has 1 fully saturated rings. The van der Waals surface area contributed by atoms with E-state index >= 15 is 0 Å². The van der Waals surface area contributed by atoms with Gasteiger partial charge in [0.15, 0.2) is 5.65 Å². The Morgan fingerprint density at radius 2 is 1.96 bits per heavy atom. The van der Waals surface area contributed by atoms with Crippen LogP contribution in [0.3, 0.4) is 0 Å². The van der Waals surface area contributed by atoms with Crippen LogP contribution in [0.5, 0.6) is 0 Å². The number of halogens is 1. The number of hydrogen-bond donors (Lipinski definition) is 0. The van der Waals surface area contributed by atoms with E-state index in [1.807, 2.05) is 23.3 Å². The summed E-state index contributed by atoms with van der Waals surface area (Å²) in [5.74, 6) is 1.49. The van der Waals surface area contributed by atoms with E-state index in [2.05, 4.69) is 42.9 Å². The average Bonchev–Trinajstić information content (AvgIpc) is 3.26. The van der Waals surface area contributed by atoms with Crippen molar-refractivity contribution in [3.05, 3.63) is 34.2 Å². The molecule has 0 bridgehead atoms. The van der Waals surface area contributed by atoms with Crippen molar-refractivity contribution in [1.82, 2.24) is 24.5 Å². The number of aromatic nitrogens is 5. The molecular formula is C20H27ClN6. The van der Waals surface area contributed by atoms with Gasteiger partial charge >= 0.3 is 0 Å². The summed E-state index contributed by atoms with van der Waals surface area (Å²) < 4.78 is 3.81. The second-order valence-electron chi connectivity index (χ2n) is 7.97. The predicted molar refractivity (Wildman–Crippen MR) is 109 cm³/mol. The number of fused-ring (bicyclic) bond motifs is 1. The van der Waals surface area contributed by atoms with Crippen LogP contribution in [-0.4, -0.2) is 31.1 Å². The van der Waals surface area contributed by atoms with Crippen LogP contribution in [0.15, 0.2) is 12.1 Å². The molecule has 0 N–H and O–H groups in total. The molecule has 0 saturated carbocycles. The molecule has 0 aliphatic carbocycles. The van der Waals surface area contributed by atoms with Crippen LogP contribution in [0.1, 0.15) is 49.7 Å². The van der Waals surface area contributed by atoms with Gasteiger partial charge in [-0.1, -0.05) is 25.4 Å². The summed E-state index contributed by atoms with van der Waals surface area (Å²) in [5.41, 5.74) is 4.11.